The van der Waals surface area contributed by atoms with E-state index in [-0.39, 0.29) is 0 Å². The van der Waals surface area contributed by atoms with E-state index in [1.807, 2.05) is 0 Å². The van der Waals surface area contributed by atoms with E-state index >= 15 is 0 Å². The third-order valence-corrected chi connectivity index (χ3v) is 2.63. The Labute approximate surface area is 88.4 Å². The van der Waals surface area contributed by atoms with Gasteiger partial charge >= 0.3 is 0 Å². The summed E-state index contributed by atoms with van der Waals surface area (Å²) in [6.45, 7) is 9.13. The molecule has 0 radical (unpaired) electrons. The summed E-state index contributed by atoms with van der Waals surface area (Å²) in [5.74, 6) is 0. The van der Waals surface area contributed by atoms with Gasteiger partial charge in [0.15, 0.2) is 0 Å². The third-order valence-electron chi connectivity index (χ3n) is 2.63. The van der Waals surface area contributed by atoms with Crippen LogP contribution in [-0.2, 0) is 6.42 Å². The summed E-state index contributed by atoms with van der Waals surface area (Å²) in [6, 6.07) is 8.70. The van der Waals surface area contributed by atoms with Gasteiger partial charge in [0.25, 0.3) is 0 Å². The highest BCUT2D eigenvalue weighted by molar-refractivity contribution is 5.25. The normalized spacial score (nSPS) is 11.7. The molecule has 0 bridgehead atoms. The lowest BCUT2D eigenvalue weighted by Gasteiger charge is -2.17. The molecule has 0 N–H and O–H groups in total. The Morgan fingerprint density at radius 1 is 1.07 bits per heavy atom. The minimum Gasteiger partial charge on any atom is -0.0620 e. The summed E-state index contributed by atoms with van der Waals surface area (Å²) in [5, 5.41) is 0. The first kappa shape index (κ1) is 11.3. The lowest BCUT2D eigenvalue weighted by molar-refractivity contribution is 0.365. The van der Waals surface area contributed by atoms with E-state index < -0.39 is 0 Å². The van der Waals surface area contributed by atoms with Crippen LogP contribution in [0.2, 0.25) is 0 Å². The highest BCUT2D eigenvalue weighted by atomic mass is 14.1. The van der Waals surface area contributed by atoms with Crippen LogP contribution >= 0.6 is 0 Å². The van der Waals surface area contributed by atoms with E-state index in [1.165, 1.54) is 30.4 Å². The van der Waals surface area contributed by atoms with Crippen molar-refractivity contribution >= 4 is 0 Å². The molecule has 0 atom stereocenters. The molecule has 0 fully saturated rings. The van der Waals surface area contributed by atoms with Crippen LogP contribution < -0.4 is 0 Å². The van der Waals surface area contributed by atoms with Gasteiger partial charge in [0.2, 0.25) is 0 Å². The monoisotopic (exact) mass is 190 g/mol. The van der Waals surface area contributed by atoms with Crippen molar-refractivity contribution < 1.29 is 0 Å². The maximum atomic E-state index is 2.31. The molecular formula is C14H22. The summed E-state index contributed by atoms with van der Waals surface area (Å²) >= 11 is 0. The van der Waals surface area contributed by atoms with Crippen molar-refractivity contribution in [2.24, 2.45) is 5.41 Å². The molecule has 0 heterocycles. The predicted octanol–water partition coefficient (Wildman–Crippen LogP) is 4.36. The molecule has 0 unspecified atom stereocenters. The SMILES string of the molecule is Cc1ccccc1CCCC(C)(C)C. The van der Waals surface area contributed by atoms with Crippen LogP contribution in [0.4, 0.5) is 0 Å². The van der Waals surface area contributed by atoms with Gasteiger partial charge in [-0.25, -0.2) is 0 Å². The zero-order valence-corrected chi connectivity index (χ0v) is 9.93. The summed E-state index contributed by atoms with van der Waals surface area (Å²) in [6.07, 6.45) is 3.83. The Bertz CT molecular complexity index is 278. The van der Waals surface area contributed by atoms with E-state index in [1.54, 1.807) is 0 Å². The van der Waals surface area contributed by atoms with Crippen LogP contribution in [0.5, 0.6) is 0 Å². The molecule has 0 aliphatic carbocycles. The Kier molecular flexibility index (Phi) is 3.74. The number of hydrogen-bond donors (Lipinski definition) is 0. The quantitative estimate of drug-likeness (QED) is 0.664. The molecule has 0 amide bonds. The molecule has 0 heteroatoms. The largest absolute Gasteiger partial charge is 0.0620 e. The van der Waals surface area contributed by atoms with Gasteiger partial charge in [-0.15, -0.1) is 0 Å². The first-order valence-electron chi connectivity index (χ1n) is 5.53. The van der Waals surface area contributed by atoms with Gasteiger partial charge in [-0.1, -0.05) is 45.0 Å². The minimum absolute atomic E-state index is 0.475. The van der Waals surface area contributed by atoms with E-state index in [0.717, 1.165) is 0 Å². The van der Waals surface area contributed by atoms with Crippen LogP contribution in [0.3, 0.4) is 0 Å². The number of rotatable bonds is 3. The van der Waals surface area contributed by atoms with Crippen LogP contribution in [0.15, 0.2) is 24.3 Å². The molecule has 0 saturated heterocycles. The number of hydrogen-bond acceptors (Lipinski definition) is 0. The summed E-state index contributed by atoms with van der Waals surface area (Å²) in [7, 11) is 0. The Balaban J connectivity index is 2.43. The molecule has 0 nitrogen and oxygen atoms in total. The molecule has 0 saturated carbocycles. The zero-order valence-electron chi connectivity index (χ0n) is 9.93. The summed E-state index contributed by atoms with van der Waals surface area (Å²) in [4.78, 5) is 0. The van der Waals surface area contributed by atoms with Gasteiger partial charge < -0.3 is 0 Å². The fourth-order valence-corrected chi connectivity index (χ4v) is 1.70. The predicted molar refractivity (Wildman–Crippen MR) is 63.6 cm³/mol. The first-order valence-corrected chi connectivity index (χ1v) is 5.53. The Morgan fingerprint density at radius 3 is 2.29 bits per heavy atom. The summed E-state index contributed by atoms with van der Waals surface area (Å²) < 4.78 is 0. The molecule has 78 valence electrons. The van der Waals surface area contributed by atoms with E-state index in [9.17, 15) is 0 Å². The van der Waals surface area contributed by atoms with E-state index in [4.69, 9.17) is 0 Å². The van der Waals surface area contributed by atoms with Gasteiger partial charge in [0.05, 0.1) is 0 Å². The fourth-order valence-electron chi connectivity index (χ4n) is 1.70. The fraction of sp³-hybridized carbons (Fsp3) is 0.571. The molecule has 0 spiro atoms. The molecule has 1 aromatic rings. The van der Waals surface area contributed by atoms with Crippen LogP contribution in [0.1, 0.15) is 44.7 Å². The lowest BCUT2D eigenvalue weighted by atomic mass is 9.88. The van der Waals surface area contributed by atoms with Crippen molar-refractivity contribution in [3.8, 4) is 0 Å². The lowest BCUT2D eigenvalue weighted by Crippen LogP contribution is -2.05. The molecule has 1 rings (SSSR count). The van der Waals surface area contributed by atoms with Gasteiger partial charge in [0, 0.05) is 0 Å². The van der Waals surface area contributed by atoms with E-state index in [2.05, 4.69) is 52.0 Å². The number of benzene rings is 1. The van der Waals surface area contributed by atoms with Crippen LogP contribution in [0.25, 0.3) is 0 Å². The van der Waals surface area contributed by atoms with Gasteiger partial charge in [0.1, 0.15) is 0 Å². The zero-order chi connectivity index (χ0) is 10.6. The second-order valence-electron chi connectivity index (χ2n) is 5.34. The van der Waals surface area contributed by atoms with Gasteiger partial charge in [-0.05, 0) is 42.7 Å². The molecule has 14 heavy (non-hydrogen) atoms. The van der Waals surface area contributed by atoms with Crippen molar-refractivity contribution in [2.75, 3.05) is 0 Å². The highest BCUT2D eigenvalue weighted by Crippen LogP contribution is 2.22. The average molecular weight is 190 g/mol. The standard InChI is InChI=1S/C14H22/c1-12-8-5-6-9-13(12)10-7-11-14(2,3)4/h5-6,8-9H,7,10-11H2,1-4H3. The van der Waals surface area contributed by atoms with Crippen molar-refractivity contribution in [3.05, 3.63) is 35.4 Å². The smallest absolute Gasteiger partial charge is 0.0276 e. The molecule has 0 aliphatic rings. The topological polar surface area (TPSA) is 0 Å². The van der Waals surface area contributed by atoms with E-state index in [0.29, 0.717) is 5.41 Å². The molecular weight excluding hydrogens is 168 g/mol. The highest BCUT2D eigenvalue weighted by Gasteiger charge is 2.09. The second kappa shape index (κ2) is 4.63. The van der Waals surface area contributed by atoms with Gasteiger partial charge in [-0.2, -0.15) is 0 Å². The number of aryl methyl sites for hydroxylation is 2. The summed E-state index contributed by atoms with van der Waals surface area (Å²) in [5.41, 5.74) is 3.42. The molecule has 0 aliphatic heterocycles. The van der Waals surface area contributed by atoms with Crippen molar-refractivity contribution in [1.29, 1.82) is 0 Å². The molecule has 1 aromatic carbocycles. The van der Waals surface area contributed by atoms with Crippen LogP contribution in [-0.4, -0.2) is 0 Å². The van der Waals surface area contributed by atoms with Crippen molar-refractivity contribution in [1.82, 2.24) is 0 Å². The average Bonchev–Trinajstić information content (AvgIpc) is 2.06. The second-order valence-corrected chi connectivity index (χ2v) is 5.34. The maximum Gasteiger partial charge on any atom is -0.0276 e. The van der Waals surface area contributed by atoms with Crippen molar-refractivity contribution in [2.45, 2.75) is 47.0 Å². The van der Waals surface area contributed by atoms with Gasteiger partial charge in [-0.3, -0.25) is 0 Å². The molecule has 0 aromatic heterocycles. The Hall–Kier alpha value is -0.780. The maximum absolute atomic E-state index is 2.31. The van der Waals surface area contributed by atoms with Crippen LogP contribution in [0, 0.1) is 12.3 Å². The van der Waals surface area contributed by atoms with Crippen molar-refractivity contribution in [3.63, 3.8) is 0 Å². The minimum atomic E-state index is 0.475. The third kappa shape index (κ3) is 3.95. The Morgan fingerprint density at radius 2 is 1.71 bits per heavy atom. The first-order chi connectivity index (χ1) is 6.49.